The van der Waals surface area contributed by atoms with Crippen molar-refractivity contribution in [2.45, 2.75) is 45.0 Å². The Morgan fingerprint density at radius 1 is 1.05 bits per heavy atom. The Labute approximate surface area is 211 Å². The molecule has 11 heteroatoms. The van der Waals surface area contributed by atoms with Crippen LogP contribution in [-0.2, 0) is 11.8 Å². The first-order valence-electron chi connectivity index (χ1n) is 12.4. The molecule has 5 rings (SSSR count). The zero-order valence-corrected chi connectivity index (χ0v) is 21.0. The summed E-state index contributed by atoms with van der Waals surface area (Å²) in [6.45, 7) is 6.09. The van der Waals surface area contributed by atoms with Gasteiger partial charge in [0, 0.05) is 36.8 Å². The third-order valence-corrected chi connectivity index (χ3v) is 6.86. The van der Waals surface area contributed by atoms with Crippen molar-refractivity contribution >= 4 is 22.1 Å². The van der Waals surface area contributed by atoms with E-state index in [9.17, 15) is 18.0 Å². The van der Waals surface area contributed by atoms with E-state index < -0.39 is 12.3 Å². The van der Waals surface area contributed by atoms with Gasteiger partial charge in [-0.25, -0.2) is 4.79 Å². The van der Waals surface area contributed by atoms with Crippen LogP contribution in [0.15, 0.2) is 41.3 Å². The number of hydrogen-bond acceptors (Lipinski definition) is 6. The van der Waals surface area contributed by atoms with Crippen LogP contribution in [0.25, 0.3) is 33.2 Å². The van der Waals surface area contributed by atoms with E-state index in [0.29, 0.717) is 28.8 Å². The summed E-state index contributed by atoms with van der Waals surface area (Å²) >= 11 is 0. The summed E-state index contributed by atoms with van der Waals surface area (Å²) in [7, 11) is 1.65. The fourth-order valence-electron chi connectivity index (χ4n) is 4.94. The molecular formula is C26H29F3N6O2. The number of aryl methyl sites for hydroxylation is 1. The molecule has 0 radical (unpaired) electrons. The minimum Gasteiger partial charge on any atom is -0.361 e. The molecule has 4 aromatic rings. The summed E-state index contributed by atoms with van der Waals surface area (Å²) in [4.78, 5) is 19.0. The third kappa shape index (κ3) is 4.85. The molecule has 4 heterocycles. The highest BCUT2D eigenvalue weighted by atomic mass is 19.4. The van der Waals surface area contributed by atoms with Crippen LogP contribution in [-0.4, -0.2) is 61.6 Å². The van der Waals surface area contributed by atoms with Gasteiger partial charge in [-0.15, -0.1) is 10.2 Å². The van der Waals surface area contributed by atoms with Crippen molar-refractivity contribution in [3.8, 4) is 11.1 Å². The van der Waals surface area contributed by atoms with E-state index in [0.717, 1.165) is 36.9 Å². The lowest BCUT2D eigenvalue weighted by Gasteiger charge is -2.22. The van der Waals surface area contributed by atoms with Gasteiger partial charge in [0.25, 0.3) is 0 Å². The lowest BCUT2D eigenvalue weighted by atomic mass is 10.0. The number of hydrogen-bond donors (Lipinski definition) is 0. The van der Waals surface area contributed by atoms with Crippen LogP contribution < -0.4 is 5.69 Å². The highest BCUT2D eigenvalue weighted by molar-refractivity contribution is 6.02. The van der Waals surface area contributed by atoms with E-state index in [-0.39, 0.29) is 24.0 Å². The van der Waals surface area contributed by atoms with E-state index in [1.165, 1.54) is 16.8 Å². The molecule has 1 atom stereocenters. The van der Waals surface area contributed by atoms with Crippen molar-refractivity contribution in [1.82, 2.24) is 29.2 Å². The maximum Gasteiger partial charge on any atom is 0.420 e. The Bertz CT molecular complexity index is 1470. The van der Waals surface area contributed by atoms with Crippen LogP contribution >= 0.6 is 0 Å². The second-order valence-electron chi connectivity index (χ2n) is 9.72. The van der Waals surface area contributed by atoms with Crippen molar-refractivity contribution < 1.29 is 17.9 Å². The van der Waals surface area contributed by atoms with Gasteiger partial charge >= 0.3 is 11.9 Å². The van der Waals surface area contributed by atoms with Gasteiger partial charge in [0.1, 0.15) is 5.52 Å². The van der Waals surface area contributed by atoms with E-state index in [4.69, 9.17) is 4.74 Å². The summed E-state index contributed by atoms with van der Waals surface area (Å²) in [5.74, 6) is 0. The van der Waals surface area contributed by atoms with Crippen LogP contribution in [0, 0.1) is 0 Å². The molecule has 1 aliphatic heterocycles. The molecule has 0 unspecified atom stereocenters. The van der Waals surface area contributed by atoms with Gasteiger partial charge in [0.05, 0.1) is 17.8 Å². The standard InChI is InChI=1S/C26H29F3N6O2/c1-16(2)35-22-19-14-17(6-8-20(19)31-32-24(22)33(3)25(35)36)18-7-9-21(30-15-18)23(26(27,28)29)37-13-12-34-10-4-5-11-34/h6-9,14-16,23H,4-5,10-13H2,1-3H3/t23-/m1/s1. The maximum atomic E-state index is 13.8. The van der Waals surface area contributed by atoms with Crippen molar-refractivity contribution in [3.05, 3.63) is 52.7 Å². The van der Waals surface area contributed by atoms with Crippen LogP contribution in [0.1, 0.15) is 44.5 Å². The molecule has 1 aromatic carbocycles. The van der Waals surface area contributed by atoms with Crippen molar-refractivity contribution in [3.63, 3.8) is 0 Å². The van der Waals surface area contributed by atoms with E-state index in [1.54, 1.807) is 23.7 Å². The number of rotatable bonds is 7. The maximum absolute atomic E-state index is 13.8. The highest BCUT2D eigenvalue weighted by Gasteiger charge is 2.43. The largest absolute Gasteiger partial charge is 0.420 e. The average molecular weight is 515 g/mol. The van der Waals surface area contributed by atoms with E-state index >= 15 is 0 Å². The highest BCUT2D eigenvalue weighted by Crippen LogP contribution is 2.36. The van der Waals surface area contributed by atoms with Gasteiger partial charge in [-0.05, 0) is 63.5 Å². The quantitative estimate of drug-likeness (QED) is 0.358. The summed E-state index contributed by atoms with van der Waals surface area (Å²) in [5, 5.41) is 9.22. The molecule has 1 aliphatic rings. The molecular weight excluding hydrogens is 485 g/mol. The Balaban J connectivity index is 1.46. The van der Waals surface area contributed by atoms with Gasteiger partial charge < -0.3 is 9.64 Å². The summed E-state index contributed by atoms with van der Waals surface area (Å²) in [6, 6.07) is 8.34. The number of fused-ring (bicyclic) bond motifs is 3. The van der Waals surface area contributed by atoms with Crippen molar-refractivity contribution in [2.75, 3.05) is 26.2 Å². The Morgan fingerprint density at radius 2 is 1.78 bits per heavy atom. The smallest absolute Gasteiger partial charge is 0.361 e. The van der Waals surface area contributed by atoms with Gasteiger partial charge in [0.2, 0.25) is 0 Å². The van der Waals surface area contributed by atoms with Crippen LogP contribution in [0.2, 0.25) is 0 Å². The molecule has 196 valence electrons. The van der Waals surface area contributed by atoms with Gasteiger partial charge in [-0.2, -0.15) is 13.2 Å². The number of nitrogens with zero attached hydrogens (tertiary/aromatic N) is 6. The van der Waals surface area contributed by atoms with Crippen molar-refractivity contribution in [2.24, 2.45) is 7.05 Å². The number of alkyl halides is 3. The third-order valence-electron chi connectivity index (χ3n) is 6.86. The van der Waals surface area contributed by atoms with Gasteiger partial charge in [0.15, 0.2) is 11.8 Å². The second-order valence-corrected chi connectivity index (χ2v) is 9.72. The lowest BCUT2D eigenvalue weighted by Crippen LogP contribution is -2.29. The van der Waals surface area contributed by atoms with Crippen molar-refractivity contribution in [1.29, 1.82) is 0 Å². The molecule has 1 saturated heterocycles. The topological polar surface area (TPSA) is 78.1 Å². The summed E-state index contributed by atoms with van der Waals surface area (Å²) in [5.41, 5.74) is 2.77. The fraction of sp³-hybridized carbons (Fsp3) is 0.462. The molecule has 8 nitrogen and oxygen atoms in total. The zero-order chi connectivity index (χ0) is 26.3. The molecule has 37 heavy (non-hydrogen) atoms. The van der Waals surface area contributed by atoms with Crippen LogP contribution in [0.3, 0.4) is 0 Å². The number of halogens is 3. The molecule has 0 N–H and O–H groups in total. The molecule has 0 spiro atoms. The predicted octanol–water partition coefficient (Wildman–Crippen LogP) is 4.64. The monoisotopic (exact) mass is 514 g/mol. The summed E-state index contributed by atoms with van der Waals surface area (Å²) in [6.07, 6.45) is -3.09. The first kappa shape index (κ1) is 25.3. The normalized spacial score (nSPS) is 15.9. The Morgan fingerprint density at radius 3 is 2.43 bits per heavy atom. The van der Waals surface area contributed by atoms with Crippen LogP contribution in [0.4, 0.5) is 13.2 Å². The molecule has 0 saturated carbocycles. The van der Waals surface area contributed by atoms with Gasteiger partial charge in [-0.3, -0.25) is 14.1 Å². The molecule has 3 aromatic heterocycles. The first-order valence-corrected chi connectivity index (χ1v) is 12.4. The van der Waals surface area contributed by atoms with Gasteiger partial charge in [-0.1, -0.05) is 12.1 Å². The molecule has 1 fully saturated rings. The second kappa shape index (κ2) is 9.86. The molecule has 0 amide bonds. The van der Waals surface area contributed by atoms with Crippen LogP contribution in [0.5, 0.6) is 0 Å². The minimum absolute atomic E-state index is 0.00997. The Kier molecular flexibility index (Phi) is 6.76. The minimum atomic E-state index is -4.57. The number of ether oxygens (including phenoxy) is 1. The zero-order valence-electron chi connectivity index (χ0n) is 21.0. The average Bonchev–Trinajstić information content (AvgIpc) is 3.47. The van der Waals surface area contributed by atoms with E-state index in [2.05, 4.69) is 20.1 Å². The number of imidazole rings is 1. The predicted molar refractivity (Wildman–Crippen MR) is 134 cm³/mol. The molecule has 0 aliphatic carbocycles. The summed E-state index contributed by atoms with van der Waals surface area (Å²) < 4.78 is 49.7. The molecule has 0 bridgehead atoms. The fourth-order valence-corrected chi connectivity index (χ4v) is 4.94. The Hall–Kier alpha value is -3.31. The number of likely N-dealkylation sites (tertiary alicyclic amines) is 1. The number of pyridine rings is 1. The number of aromatic nitrogens is 5. The lowest BCUT2D eigenvalue weighted by molar-refractivity contribution is -0.225. The van der Waals surface area contributed by atoms with E-state index in [1.807, 2.05) is 26.0 Å². The SMILES string of the molecule is CC(C)n1c(=O)n(C)c2nnc3ccc(-c4ccc([C@@H](OCCN5CCCC5)C(F)(F)F)nc4)cc3c21. The first-order chi connectivity index (χ1) is 17.6. The number of benzene rings is 1.